The average Bonchev–Trinajstić information content (AvgIpc) is 2.93. The molecule has 2 N–H and O–H groups in total. The summed E-state index contributed by atoms with van der Waals surface area (Å²) < 4.78 is 5.82. The third-order valence-corrected chi connectivity index (χ3v) is 4.35. The summed E-state index contributed by atoms with van der Waals surface area (Å²) in [5.41, 5.74) is 0.904. The lowest BCUT2D eigenvalue weighted by Crippen LogP contribution is -2.40. The zero-order valence-electron chi connectivity index (χ0n) is 12.5. The average molecular weight is 320 g/mol. The lowest BCUT2D eigenvalue weighted by atomic mass is 10.2. The van der Waals surface area contributed by atoms with E-state index < -0.39 is 0 Å². The molecule has 2 aromatic heterocycles. The number of aliphatic hydroxyl groups is 1. The Balaban J connectivity index is 1.70. The quantitative estimate of drug-likeness (QED) is 0.877. The molecule has 2 aromatic rings. The van der Waals surface area contributed by atoms with Crippen LogP contribution in [0.4, 0.5) is 10.9 Å². The normalized spacial score (nSPS) is 19.3. The SMILES string of the molecule is Cc1cnc(Nc2cccc(C3CN(CCO)CCO3)n2)s1. The van der Waals surface area contributed by atoms with Crippen molar-refractivity contribution in [2.24, 2.45) is 0 Å². The van der Waals surface area contributed by atoms with Crippen LogP contribution in [-0.4, -0.2) is 52.8 Å². The van der Waals surface area contributed by atoms with E-state index in [1.165, 1.54) is 0 Å². The van der Waals surface area contributed by atoms with Gasteiger partial charge in [0.05, 0.1) is 18.9 Å². The van der Waals surface area contributed by atoms with Crippen molar-refractivity contribution < 1.29 is 9.84 Å². The number of aryl methyl sites for hydroxylation is 1. The highest BCUT2D eigenvalue weighted by molar-refractivity contribution is 7.15. The van der Waals surface area contributed by atoms with Crippen LogP contribution < -0.4 is 5.32 Å². The van der Waals surface area contributed by atoms with Crippen molar-refractivity contribution in [2.45, 2.75) is 13.0 Å². The number of thiazole rings is 1. The minimum absolute atomic E-state index is 0.0555. The molecule has 0 bridgehead atoms. The van der Waals surface area contributed by atoms with Gasteiger partial charge in [0.1, 0.15) is 11.9 Å². The molecule has 22 heavy (non-hydrogen) atoms. The Morgan fingerprint density at radius 1 is 1.50 bits per heavy atom. The molecule has 0 saturated carbocycles. The standard InChI is InChI=1S/C15H20N4O2S/c1-11-9-16-15(22-11)18-14-4-2-3-12(17-14)13-10-19(5-7-20)6-8-21-13/h2-4,9,13,20H,5-8,10H2,1H3,(H,16,17,18). The Hall–Kier alpha value is -1.54. The monoisotopic (exact) mass is 320 g/mol. The summed E-state index contributed by atoms with van der Waals surface area (Å²) >= 11 is 1.60. The molecule has 0 spiro atoms. The van der Waals surface area contributed by atoms with E-state index in [1.54, 1.807) is 11.3 Å². The summed E-state index contributed by atoms with van der Waals surface area (Å²) in [5.74, 6) is 0.773. The van der Waals surface area contributed by atoms with Gasteiger partial charge in [-0.1, -0.05) is 6.07 Å². The zero-order chi connectivity index (χ0) is 15.4. The number of β-amino-alcohol motifs (C(OH)–C–C–N with tert-alkyl or cyclic N) is 1. The highest BCUT2D eigenvalue weighted by Crippen LogP contribution is 2.24. The molecule has 7 heteroatoms. The first kappa shape index (κ1) is 15.4. The van der Waals surface area contributed by atoms with E-state index in [1.807, 2.05) is 31.3 Å². The summed E-state index contributed by atoms with van der Waals surface area (Å²) in [6, 6.07) is 5.87. The molecule has 6 nitrogen and oxygen atoms in total. The fourth-order valence-corrected chi connectivity index (χ4v) is 3.12. The molecule has 1 unspecified atom stereocenters. The molecule has 1 fully saturated rings. The Morgan fingerprint density at radius 3 is 3.18 bits per heavy atom. The van der Waals surface area contributed by atoms with E-state index in [0.29, 0.717) is 13.2 Å². The fourth-order valence-electron chi connectivity index (χ4n) is 2.45. The van der Waals surface area contributed by atoms with Gasteiger partial charge >= 0.3 is 0 Å². The van der Waals surface area contributed by atoms with Gasteiger partial charge in [0.15, 0.2) is 5.13 Å². The molecule has 1 aliphatic heterocycles. The smallest absolute Gasteiger partial charge is 0.188 e. The lowest BCUT2D eigenvalue weighted by molar-refractivity contribution is -0.0357. The summed E-state index contributed by atoms with van der Waals surface area (Å²) in [5, 5.41) is 13.1. The van der Waals surface area contributed by atoms with Crippen molar-refractivity contribution in [1.29, 1.82) is 0 Å². The van der Waals surface area contributed by atoms with E-state index in [0.717, 1.165) is 34.6 Å². The second kappa shape index (κ2) is 7.15. The predicted molar refractivity (Wildman–Crippen MR) is 86.6 cm³/mol. The first-order valence-corrected chi connectivity index (χ1v) is 8.17. The molecule has 0 aromatic carbocycles. The van der Waals surface area contributed by atoms with Crippen LogP contribution in [-0.2, 0) is 4.74 Å². The van der Waals surface area contributed by atoms with Gasteiger partial charge in [0.2, 0.25) is 0 Å². The van der Waals surface area contributed by atoms with Crippen molar-refractivity contribution in [3.63, 3.8) is 0 Å². The van der Waals surface area contributed by atoms with E-state index in [-0.39, 0.29) is 12.7 Å². The topological polar surface area (TPSA) is 70.5 Å². The maximum Gasteiger partial charge on any atom is 0.188 e. The van der Waals surface area contributed by atoms with Gasteiger partial charge < -0.3 is 15.2 Å². The molecule has 3 heterocycles. The van der Waals surface area contributed by atoms with Crippen LogP contribution in [0.2, 0.25) is 0 Å². The number of anilines is 2. The number of pyridine rings is 1. The van der Waals surface area contributed by atoms with Gasteiger partial charge in [-0.15, -0.1) is 11.3 Å². The van der Waals surface area contributed by atoms with E-state index in [2.05, 4.69) is 20.2 Å². The van der Waals surface area contributed by atoms with Gasteiger partial charge in [0.25, 0.3) is 0 Å². The summed E-state index contributed by atoms with van der Waals surface area (Å²) in [7, 11) is 0. The number of rotatable bonds is 5. The minimum Gasteiger partial charge on any atom is -0.395 e. The molecule has 0 radical (unpaired) electrons. The Kier molecular flexibility index (Phi) is 4.99. The molecule has 0 aliphatic carbocycles. The van der Waals surface area contributed by atoms with Crippen molar-refractivity contribution in [3.05, 3.63) is 35.0 Å². The number of ether oxygens (including phenoxy) is 1. The molecule has 1 atom stereocenters. The summed E-state index contributed by atoms with van der Waals surface area (Å²) in [4.78, 5) is 12.3. The first-order chi connectivity index (χ1) is 10.7. The maximum atomic E-state index is 9.07. The first-order valence-electron chi connectivity index (χ1n) is 7.36. The van der Waals surface area contributed by atoms with Gasteiger partial charge in [-0.3, -0.25) is 4.90 Å². The van der Waals surface area contributed by atoms with E-state index >= 15 is 0 Å². The van der Waals surface area contributed by atoms with Gasteiger partial charge in [-0.25, -0.2) is 9.97 Å². The van der Waals surface area contributed by atoms with Crippen LogP contribution in [0, 0.1) is 6.92 Å². The number of aliphatic hydroxyl groups excluding tert-OH is 1. The van der Waals surface area contributed by atoms with Crippen LogP contribution in [0.1, 0.15) is 16.7 Å². The molecule has 3 rings (SSSR count). The summed E-state index contributed by atoms with van der Waals surface area (Å²) in [6.07, 6.45) is 1.79. The van der Waals surface area contributed by atoms with Crippen molar-refractivity contribution >= 4 is 22.3 Å². The van der Waals surface area contributed by atoms with Crippen LogP contribution in [0.3, 0.4) is 0 Å². The Morgan fingerprint density at radius 2 is 2.41 bits per heavy atom. The molecular weight excluding hydrogens is 300 g/mol. The molecule has 0 amide bonds. The highest BCUT2D eigenvalue weighted by atomic mass is 32.1. The zero-order valence-corrected chi connectivity index (χ0v) is 13.3. The molecular formula is C15H20N4O2S. The molecule has 118 valence electrons. The van der Waals surface area contributed by atoms with Crippen molar-refractivity contribution in [3.8, 4) is 0 Å². The number of nitrogens with zero attached hydrogens (tertiary/aromatic N) is 3. The number of aromatic nitrogens is 2. The van der Waals surface area contributed by atoms with Crippen LogP contribution in [0.15, 0.2) is 24.4 Å². The van der Waals surface area contributed by atoms with E-state index in [4.69, 9.17) is 9.84 Å². The van der Waals surface area contributed by atoms with Crippen molar-refractivity contribution in [1.82, 2.24) is 14.9 Å². The van der Waals surface area contributed by atoms with Gasteiger partial charge in [0, 0.05) is 30.7 Å². The minimum atomic E-state index is -0.0555. The van der Waals surface area contributed by atoms with Gasteiger partial charge in [-0.2, -0.15) is 0 Å². The fraction of sp³-hybridized carbons (Fsp3) is 0.467. The second-order valence-electron chi connectivity index (χ2n) is 5.23. The number of nitrogens with one attached hydrogen (secondary N) is 1. The maximum absolute atomic E-state index is 9.07. The largest absolute Gasteiger partial charge is 0.395 e. The van der Waals surface area contributed by atoms with Crippen LogP contribution in [0.25, 0.3) is 0 Å². The Bertz CT molecular complexity index is 617. The molecule has 1 saturated heterocycles. The Labute approximate surface area is 133 Å². The van der Waals surface area contributed by atoms with Crippen molar-refractivity contribution in [2.75, 3.05) is 38.2 Å². The predicted octanol–water partition coefficient (Wildman–Crippen LogP) is 1.96. The van der Waals surface area contributed by atoms with Crippen LogP contribution in [0.5, 0.6) is 0 Å². The molecule has 1 aliphatic rings. The highest BCUT2D eigenvalue weighted by Gasteiger charge is 2.22. The summed E-state index contributed by atoms with van der Waals surface area (Å²) in [6.45, 7) is 5.15. The van der Waals surface area contributed by atoms with Gasteiger partial charge in [-0.05, 0) is 19.1 Å². The third-order valence-electron chi connectivity index (χ3n) is 3.52. The second-order valence-corrected chi connectivity index (χ2v) is 6.47. The number of hydrogen-bond donors (Lipinski definition) is 2. The van der Waals surface area contributed by atoms with E-state index in [9.17, 15) is 0 Å². The third kappa shape index (κ3) is 3.80. The van der Waals surface area contributed by atoms with Crippen LogP contribution >= 0.6 is 11.3 Å². The number of hydrogen-bond acceptors (Lipinski definition) is 7. The number of morpholine rings is 1. The lowest BCUT2D eigenvalue weighted by Gasteiger charge is -2.32.